The second kappa shape index (κ2) is 13.2. The molecule has 0 unspecified atom stereocenters. The van der Waals surface area contributed by atoms with Gasteiger partial charge in [-0.25, -0.2) is 0 Å². The third-order valence-electron chi connectivity index (χ3n) is 3.00. The molecule has 0 amide bonds. The Kier molecular flexibility index (Phi) is 13.3. The maximum atomic E-state index is 8.74. The average Bonchev–Trinajstić information content (AvgIpc) is 2.17. The Balaban J connectivity index is 0.000000487. The number of hydrogen-bond acceptors (Lipinski definition) is 1. The normalized spacial score (nSPS) is 20.2. The molecule has 1 aliphatic carbocycles. The Labute approximate surface area is 100 Å². The lowest BCUT2D eigenvalue weighted by Gasteiger charge is -2.05. The summed E-state index contributed by atoms with van der Waals surface area (Å²) in [6.07, 6.45) is 18.0. The van der Waals surface area contributed by atoms with E-state index in [1.54, 1.807) is 0 Å². The van der Waals surface area contributed by atoms with Gasteiger partial charge in [0.1, 0.15) is 0 Å². The standard InChI is InChI=1S/C12H24.H3O3P/c1-2-4-6-8-10-12-11-9-7-5-3-1;1-4(2)3/h1-12H2;4H,(H2,1,2,3). The fourth-order valence-corrected chi connectivity index (χ4v) is 2.12. The highest BCUT2D eigenvalue weighted by atomic mass is 31.1. The van der Waals surface area contributed by atoms with Gasteiger partial charge < -0.3 is 9.79 Å². The lowest BCUT2D eigenvalue weighted by molar-refractivity contribution is 0.405. The van der Waals surface area contributed by atoms with Crippen LogP contribution in [-0.4, -0.2) is 9.79 Å². The van der Waals surface area contributed by atoms with Gasteiger partial charge in [0.05, 0.1) is 0 Å². The van der Waals surface area contributed by atoms with Gasteiger partial charge in [0.25, 0.3) is 0 Å². The summed E-state index contributed by atoms with van der Waals surface area (Å²) in [7, 11) is -3.13. The molecule has 1 aliphatic rings. The first-order valence-corrected chi connectivity index (χ1v) is 7.95. The van der Waals surface area contributed by atoms with Crippen LogP contribution < -0.4 is 0 Å². The maximum Gasteiger partial charge on any atom is 0.314 e. The molecule has 4 heteroatoms. The first kappa shape index (κ1) is 16.1. The van der Waals surface area contributed by atoms with Gasteiger partial charge in [0.2, 0.25) is 0 Å². The van der Waals surface area contributed by atoms with E-state index < -0.39 is 8.25 Å². The first-order valence-electron chi connectivity index (χ1n) is 6.65. The van der Waals surface area contributed by atoms with Gasteiger partial charge in [0.15, 0.2) is 0 Å². The van der Waals surface area contributed by atoms with E-state index in [1.807, 2.05) is 0 Å². The van der Waals surface area contributed by atoms with Crippen molar-refractivity contribution in [2.75, 3.05) is 0 Å². The highest BCUT2D eigenvalue weighted by Crippen LogP contribution is 2.15. The Hall–Kier alpha value is 0.150. The van der Waals surface area contributed by atoms with E-state index in [-0.39, 0.29) is 0 Å². The molecule has 1 saturated carbocycles. The maximum absolute atomic E-state index is 8.74. The van der Waals surface area contributed by atoms with Gasteiger partial charge in [-0.1, -0.05) is 77.0 Å². The fraction of sp³-hybridized carbons (Fsp3) is 1.00. The summed E-state index contributed by atoms with van der Waals surface area (Å²) in [6, 6.07) is 0. The average molecular weight is 250 g/mol. The van der Waals surface area contributed by atoms with Crippen LogP contribution >= 0.6 is 8.25 Å². The molecule has 0 aliphatic heterocycles. The largest absolute Gasteiger partial charge is 0.326 e. The van der Waals surface area contributed by atoms with E-state index >= 15 is 0 Å². The van der Waals surface area contributed by atoms with E-state index in [9.17, 15) is 0 Å². The molecule has 2 N–H and O–H groups in total. The van der Waals surface area contributed by atoms with Crippen LogP contribution in [0.1, 0.15) is 77.0 Å². The van der Waals surface area contributed by atoms with E-state index in [0.717, 1.165) is 0 Å². The Morgan fingerprint density at radius 3 is 0.625 bits per heavy atom. The van der Waals surface area contributed by atoms with Crippen molar-refractivity contribution in [1.29, 1.82) is 0 Å². The Morgan fingerprint density at radius 2 is 0.562 bits per heavy atom. The summed E-state index contributed by atoms with van der Waals surface area (Å²) in [5.74, 6) is 0. The highest BCUT2D eigenvalue weighted by molar-refractivity contribution is 7.30. The molecule has 1 fully saturated rings. The zero-order valence-electron chi connectivity index (χ0n) is 10.3. The lowest BCUT2D eigenvalue weighted by atomic mass is 10.0. The monoisotopic (exact) mass is 250 g/mol. The Bertz CT molecular complexity index is 115. The van der Waals surface area contributed by atoms with Crippen molar-refractivity contribution >= 4 is 8.25 Å². The highest BCUT2D eigenvalue weighted by Gasteiger charge is 1.96. The topological polar surface area (TPSA) is 57.5 Å². The third kappa shape index (κ3) is 16.6. The van der Waals surface area contributed by atoms with Gasteiger partial charge in [0, 0.05) is 0 Å². The minimum atomic E-state index is -3.13. The minimum Gasteiger partial charge on any atom is -0.326 e. The predicted octanol–water partition coefficient (Wildman–Crippen LogP) is 4.04. The second-order valence-electron chi connectivity index (χ2n) is 4.53. The first-order chi connectivity index (χ1) is 7.73. The van der Waals surface area contributed by atoms with Gasteiger partial charge in [-0.2, -0.15) is 0 Å². The van der Waals surface area contributed by atoms with Crippen LogP contribution in [0.2, 0.25) is 0 Å². The molecule has 0 saturated heterocycles. The van der Waals surface area contributed by atoms with Crippen LogP contribution in [-0.2, 0) is 4.57 Å². The zero-order valence-corrected chi connectivity index (χ0v) is 11.3. The molecule has 0 aromatic carbocycles. The summed E-state index contributed by atoms with van der Waals surface area (Å²) < 4.78 is 8.74. The molecule has 0 aromatic heterocycles. The number of rotatable bonds is 0. The fourth-order valence-electron chi connectivity index (χ4n) is 2.12. The van der Waals surface area contributed by atoms with Crippen molar-refractivity contribution in [3.8, 4) is 0 Å². The third-order valence-corrected chi connectivity index (χ3v) is 3.00. The lowest BCUT2D eigenvalue weighted by Crippen LogP contribution is -1.85. The smallest absolute Gasteiger partial charge is 0.314 e. The second-order valence-corrected chi connectivity index (χ2v) is 5.09. The van der Waals surface area contributed by atoms with Crippen molar-refractivity contribution in [2.45, 2.75) is 77.0 Å². The van der Waals surface area contributed by atoms with Crippen LogP contribution in [0.15, 0.2) is 0 Å². The quantitative estimate of drug-likeness (QED) is 0.638. The summed E-state index contributed by atoms with van der Waals surface area (Å²) in [6.45, 7) is 0. The molecule has 0 bridgehead atoms. The minimum absolute atomic E-state index is 1.50. The van der Waals surface area contributed by atoms with Gasteiger partial charge in [-0.15, -0.1) is 0 Å². The van der Waals surface area contributed by atoms with Crippen molar-refractivity contribution in [2.24, 2.45) is 0 Å². The Morgan fingerprint density at radius 1 is 0.500 bits per heavy atom. The molecular formula is C12H27O3P. The van der Waals surface area contributed by atoms with E-state index in [1.165, 1.54) is 77.0 Å². The summed E-state index contributed by atoms with van der Waals surface area (Å²) >= 11 is 0. The molecule has 16 heavy (non-hydrogen) atoms. The molecule has 0 aromatic rings. The van der Waals surface area contributed by atoms with Crippen molar-refractivity contribution in [1.82, 2.24) is 0 Å². The van der Waals surface area contributed by atoms with Crippen molar-refractivity contribution in [3.63, 3.8) is 0 Å². The van der Waals surface area contributed by atoms with Gasteiger partial charge >= 0.3 is 8.25 Å². The van der Waals surface area contributed by atoms with E-state index in [0.29, 0.717) is 0 Å². The van der Waals surface area contributed by atoms with Gasteiger partial charge in [-0.05, 0) is 0 Å². The van der Waals surface area contributed by atoms with E-state index in [4.69, 9.17) is 14.4 Å². The van der Waals surface area contributed by atoms with Crippen LogP contribution in [0.25, 0.3) is 0 Å². The van der Waals surface area contributed by atoms with Gasteiger partial charge in [-0.3, -0.25) is 4.57 Å². The zero-order chi connectivity index (χ0) is 12.1. The summed E-state index contributed by atoms with van der Waals surface area (Å²) in [4.78, 5) is 14.3. The van der Waals surface area contributed by atoms with Crippen LogP contribution in [0, 0.1) is 0 Å². The molecule has 0 atom stereocenters. The summed E-state index contributed by atoms with van der Waals surface area (Å²) in [5, 5.41) is 0. The molecule has 1 rings (SSSR count). The van der Waals surface area contributed by atoms with Crippen LogP contribution in [0.5, 0.6) is 0 Å². The molecule has 0 radical (unpaired) electrons. The molecule has 3 nitrogen and oxygen atoms in total. The van der Waals surface area contributed by atoms with Crippen molar-refractivity contribution < 1.29 is 14.4 Å². The van der Waals surface area contributed by atoms with Crippen LogP contribution in [0.4, 0.5) is 0 Å². The molecular weight excluding hydrogens is 223 g/mol. The molecule has 98 valence electrons. The van der Waals surface area contributed by atoms with Crippen molar-refractivity contribution in [3.05, 3.63) is 0 Å². The van der Waals surface area contributed by atoms with E-state index in [2.05, 4.69) is 0 Å². The predicted molar refractivity (Wildman–Crippen MR) is 68.8 cm³/mol. The summed E-state index contributed by atoms with van der Waals surface area (Å²) in [5.41, 5.74) is 0. The number of hydrogen-bond donors (Lipinski definition) is 2. The molecule has 0 heterocycles. The SMILES string of the molecule is C1CCCCCCCCCCC1.O=[PH](O)O. The molecule has 0 spiro atoms. The van der Waals surface area contributed by atoms with Crippen LogP contribution in [0.3, 0.4) is 0 Å².